The summed E-state index contributed by atoms with van der Waals surface area (Å²) in [5.41, 5.74) is 4.77. The minimum absolute atomic E-state index is 0.366. The van der Waals surface area contributed by atoms with Crippen molar-refractivity contribution < 1.29 is 8.42 Å². The van der Waals surface area contributed by atoms with Crippen molar-refractivity contribution in [2.75, 3.05) is 13.1 Å². The third-order valence-corrected chi connectivity index (χ3v) is 7.27. The van der Waals surface area contributed by atoms with E-state index >= 15 is 0 Å². The average molecular weight is 395 g/mol. The highest BCUT2D eigenvalue weighted by atomic mass is 32.2. The molecular weight excluding hydrogens is 368 g/mol. The predicted octanol–water partition coefficient (Wildman–Crippen LogP) is 4.44. The van der Waals surface area contributed by atoms with Crippen LogP contribution in [0.5, 0.6) is 0 Å². The van der Waals surface area contributed by atoms with Crippen molar-refractivity contribution in [1.29, 1.82) is 0 Å². The smallest absolute Gasteiger partial charge is 0.243 e. The highest BCUT2D eigenvalue weighted by molar-refractivity contribution is 7.89. The number of hydrogen-bond acceptors (Lipinski definition) is 2. The summed E-state index contributed by atoms with van der Waals surface area (Å²) in [6.45, 7) is 2.87. The first-order valence-electron chi connectivity index (χ1n) is 9.73. The van der Waals surface area contributed by atoms with Crippen molar-refractivity contribution >= 4 is 20.9 Å². The molecule has 5 heteroatoms. The van der Waals surface area contributed by atoms with Crippen LogP contribution in [-0.2, 0) is 23.5 Å². The number of allylic oxidation sites excluding steroid dienone is 1. The van der Waals surface area contributed by atoms with Crippen LogP contribution in [0.15, 0.2) is 71.3 Å². The van der Waals surface area contributed by atoms with Gasteiger partial charge in [-0.2, -0.15) is 4.31 Å². The molecule has 0 radical (unpaired) electrons. The van der Waals surface area contributed by atoms with Crippen molar-refractivity contribution in [3.8, 4) is 0 Å². The second-order valence-corrected chi connectivity index (χ2v) is 9.51. The van der Waals surface area contributed by atoms with E-state index in [2.05, 4.69) is 29.0 Å². The fourth-order valence-electron chi connectivity index (χ4n) is 3.55. The summed E-state index contributed by atoms with van der Waals surface area (Å²) in [4.78, 5) is 0.366. The normalized spacial score (nSPS) is 14.0. The van der Waals surface area contributed by atoms with Gasteiger partial charge in [-0.15, -0.1) is 0 Å². The van der Waals surface area contributed by atoms with Crippen LogP contribution in [0.4, 0.5) is 0 Å². The Kier molecular flexibility index (Phi) is 5.13. The molecule has 0 amide bonds. The van der Waals surface area contributed by atoms with E-state index in [0.29, 0.717) is 24.4 Å². The molecule has 0 aliphatic heterocycles. The molecule has 1 aliphatic carbocycles. The van der Waals surface area contributed by atoms with Gasteiger partial charge in [0.2, 0.25) is 10.0 Å². The second-order valence-electron chi connectivity index (χ2n) is 7.57. The molecule has 1 heterocycles. The molecule has 0 N–H and O–H groups in total. The Balaban J connectivity index is 1.60. The zero-order valence-electron chi connectivity index (χ0n) is 16.4. The summed E-state index contributed by atoms with van der Waals surface area (Å²) in [5, 5.41) is 1.19. The van der Waals surface area contributed by atoms with Crippen LogP contribution < -0.4 is 0 Å². The van der Waals surface area contributed by atoms with Gasteiger partial charge in [0, 0.05) is 37.2 Å². The molecule has 0 atom stereocenters. The van der Waals surface area contributed by atoms with Gasteiger partial charge in [-0.1, -0.05) is 47.5 Å². The van der Waals surface area contributed by atoms with E-state index in [-0.39, 0.29) is 0 Å². The number of aromatic nitrogens is 1. The number of nitrogens with zero attached hydrogens (tertiary/aromatic N) is 2. The molecule has 28 heavy (non-hydrogen) atoms. The lowest BCUT2D eigenvalue weighted by molar-refractivity contribution is 0.445. The van der Waals surface area contributed by atoms with E-state index in [1.807, 2.05) is 38.2 Å². The Hall–Kier alpha value is -2.37. The number of aryl methyl sites for hydroxylation is 2. The van der Waals surface area contributed by atoms with Crippen molar-refractivity contribution in [3.05, 3.63) is 77.5 Å². The number of hydrogen-bond donors (Lipinski definition) is 0. The highest BCUT2D eigenvalue weighted by Crippen LogP contribution is 2.28. The summed E-state index contributed by atoms with van der Waals surface area (Å²) < 4.78 is 30.2. The molecule has 4 rings (SSSR count). The maximum atomic E-state index is 13.3. The SMILES string of the molecule is Cc1ccc(S(=O)(=O)N(CC=C2CC2)CCc2cn(C)c3ccccc23)cc1. The van der Waals surface area contributed by atoms with E-state index in [1.165, 1.54) is 22.0 Å². The minimum Gasteiger partial charge on any atom is -0.350 e. The third-order valence-electron chi connectivity index (χ3n) is 5.39. The monoisotopic (exact) mass is 394 g/mol. The van der Waals surface area contributed by atoms with Crippen molar-refractivity contribution in [2.24, 2.45) is 7.05 Å². The molecule has 146 valence electrons. The first kappa shape index (κ1) is 19.0. The van der Waals surface area contributed by atoms with Gasteiger partial charge in [0.1, 0.15) is 0 Å². The van der Waals surface area contributed by atoms with Crippen molar-refractivity contribution in [2.45, 2.75) is 31.1 Å². The van der Waals surface area contributed by atoms with Gasteiger partial charge < -0.3 is 4.57 Å². The Morgan fingerprint density at radius 2 is 1.79 bits per heavy atom. The van der Waals surface area contributed by atoms with Crippen molar-refractivity contribution in [1.82, 2.24) is 8.87 Å². The Labute approximate surface area is 167 Å². The summed E-state index contributed by atoms with van der Waals surface area (Å²) in [6.07, 6.45) is 7.08. The highest BCUT2D eigenvalue weighted by Gasteiger charge is 2.24. The van der Waals surface area contributed by atoms with Crippen LogP contribution in [0, 0.1) is 6.92 Å². The molecule has 4 nitrogen and oxygen atoms in total. The Morgan fingerprint density at radius 1 is 1.07 bits per heavy atom. The molecule has 3 aromatic rings. The number of rotatable bonds is 7. The lowest BCUT2D eigenvalue weighted by Gasteiger charge is -2.21. The summed E-state index contributed by atoms with van der Waals surface area (Å²) in [5.74, 6) is 0. The van der Waals surface area contributed by atoms with Crippen LogP contribution in [0.25, 0.3) is 10.9 Å². The van der Waals surface area contributed by atoms with Crippen molar-refractivity contribution in [3.63, 3.8) is 0 Å². The Bertz CT molecular complexity index is 1120. The zero-order valence-corrected chi connectivity index (χ0v) is 17.2. The fraction of sp³-hybridized carbons (Fsp3) is 0.304. The largest absolute Gasteiger partial charge is 0.350 e. The summed E-state index contributed by atoms with van der Waals surface area (Å²) in [7, 11) is -1.49. The maximum absolute atomic E-state index is 13.3. The topological polar surface area (TPSA) is 42.3 Å². The van der Waals surface area contributed by atoms with Crippen LogP contribution in [-0.4, -0.2) is 30.4 Å². The molecule has 0 unspecified atom stereocenters. The predicted molar refractivity (Wildman–Crippen MR) is 114 cm³/mol. The molecular formula is C23H26N2O2S. The quantitative estimate of drug-likeness (QED) is 0.556. The zero-order chi connectivity index (χ0) is 19.7. The number of fused-ring (bicyclic) bond motifs is 1. The lowest BCUT2D eigenvalue weighted by atomic mass is 10.1. The van der Waals surface area contributed by atoms with Gasteiger partial charge >= 0.3 is 0 Å². The van der Waals surface area contributed by atoms with Gasteiger partial charge in [0.15, 0.2) is 0 Å². The van der Waals surface area contributed by atoms with E-state index in [0.717, 1.165) is 18.4 Å². The first-order valence-corrected chi connectivity index (χ1v) is 11.2. The maximum Gasteiger partial charge on any atom is 0.243 e. The van der Waals surface area contributed by atoms with E-state index < -0.39 is 10.0 Å². The molecule has 0 spiro atoms. The van der Waals surface area contributed by atoms with Gasteiger partial charge in [-0.3, -0.25) is 0 Å². The average Bonchev–Trinajstić information content (AvgIpc) is 3.46. The van der Waals surface area contributed by atoms with E-state index in [9.17, 15) is 8.42 Å². The van der Waals surface area contributed by atoms with E-state index in [1.54, 1.807) is 16.4 Å². The molecule has 1 fully saturated rings. The van der Waals surface area contributed by atoms with E-state index in [4.69, 9.17) is 0 Å². The van der Waals surface area contributed by atoms with Gasteiger partial charge in [-0.05, 0) is 49.9 Å². The lowest BCUT2D eigenvalue weighted by Crippen LogP contribution is -2.33. The van der Waals surface area contributed by atoms with Crippen LogP contribution in [0.3, 0.4) is 0 Å². The van der Waals surface area contributed by atoms with Crippen LogP contribution in [0.1, 0.15) is 24.0 Å². The van der Waals surface area contributed by atoms with Gasteiger partial charge in [0.05, 0.1) is 4.90 Å². The third kappa shape index (κ3) is 3.91. The molecule has 0 saturated heterocycles. The molecule has 1 aromatic heterocycles. The molecule has 1 aliphatic rings. The molecule has 0 bridgehead atoms. The summed E-state index contributed by atoms with van der Waals surface area (Å²) >= 11 is 0. The minimum atomic E-state index is -3.52. The number of para-hydroxylation sites is 1. The summed E-state index contributed by atoms with van der Waals surface area (Å²) in [6, 6.07) is 15.4. The first-order chi connectivity index (χ1) is 13.4. The van der Waals surface area contributed by atoms with Gasteiger partial charge in [-0.25, -0.2) is 8.42 Å². The van der Waals surface area contributed by atoms with Crippen LogP contribution >= 0.6 is 0 Å². The van der Waals surface area contributed by atoms with Gasteiger partial charge in [0.25, 0.3) is 0 Å². The second kappa shape index (κ2) is 7.57. The molecule has 1 saturated carbocycles. The molecule has 2 aromatic carbocycles. The number of benzene rings is 2. The van der Waals surface area contributed by atoms with Crippen LogP contribution in [0.2, 0.25) is 0 Å². The Morgan fingerprint density at radius 3 is 2.50 bits per heavy atom. The fourth-order valence-corrected chi connectivity index (χ4v) is 4.93. The number of sulfonamides is 1. The standard InChI is InChI=1S/C23H26N2O2S/c1-18-7-11-21(12-8-18)28(26,27)25(15-13-19-9-10-19)16-14-20-17-24(2)23-6-4-3-5-22(20)23/h3-8,11-13,17H,9-10,14-16H2,1-2H3.